The molecular formula is C29H27Cl3FNO4. The molecule has 9 heteroatoms. The third kappa shape index (κ3) is 6.60. The van der Waals surface area contributed by atoms with Crippen molar-refractivity contribution in [3.05, 3.63) is 98.2 Å². The lowest BCUT2D eigenvalue weighted by Crippen LogP contribution is -2.43. The van der Waals surface area contributed by atoms with Crippen molar-refractivity contribution in [1.29, 1.82) is 0 Å². The maximum atomic E-state index is 15.3. The molecule has 0 spiro atoms. The van der Waals surface area contributed by atoms with Gasteiger partial charge in [-0.1, -0.05) is 53.0 Å². The summed E-state index contributed by atoms with van der Waals surface area (Å²) in [6.45, 7) is 5.70. The lowest BCUT2D eigenvalue weighted by atomic mass is 10.0. The normalized spacial score (nSPS) is 16.3. The highest BCUT2D eigenvalue weighted by Gasteiger charge is 2.37. The minimum absolute atomic E-state index is 0.0716. The Bertz CT molecular complexity index is 1340. The Morgan fingerprint density at radius 3 is 2.29 bits per heavy atom. The Kier molecular flexibility index (Phi) is 8.55. The van der Waals surface area contributed by atoms with Gasteiger partial charge < -0.3 is 14.4 Å². The molecule has 200 valence electrons. The summed E-state index contributed by atoms with van der Waals surface area (Å²) < 4.78 is 26.9. The smallest absolute Gasteiger partial charge is 0.329 e. The van der Waals surface area contributed by atoms with Crippen molar-refractivity contribution in [2.45, 2.75) is 51.4 Å². The molecule has 2 atom stereocenters. The van der Waals surface area contributed by atoms with Crippen LogP contribution in [0.5, 0.6) is 5.75 Å². The fraction of sp³-hybridized carbons (Fsp3) is 0.310. The molecule has 1 unspecified atom stereocenters. The summed E-state index contributed by atoms with van der Waals surface area (Å²) in [6.07, 6.45) is 0.377. The molecule has 4 rings (SSSR count). The number of ether oxygens (including phenoxy) is 2. The lowest BCUT2D eigenvalue weighted by molar-refractivity contribution is -0.159. The quantitative estimate of drug-likeness (QED) is 0.279. The topological polar surface area (TPSA) is 55.8 Å². The van der Waals surface area contributed by atoms with Gasteiger partial charge in [0.05, 0.1) is 0 Å². The zero-order chi connectivity index (χ0) is 27.6. The van der Waals surface area contributed by atoms with Gasteiger partial charge >= 0.3 is 5.97 Å². The third-order valence-electron chi connectivity index (χ3n) is 6.03. The summed E-state index contributed by atoms with van der Waals surface area (Å²) >= 11 is 18.6. The maximum Gasteiger partial charge on any atom is 0.329 e. The van der Waals surface area contributed by atoms with Crippen LogP contribution in [-0.2, 0) is 9.53 Å². The van der Waals surface area contributed by atoms with Crippen LogP contribution in [0, 0.1) is 5.82 Å². The first-order valence-electron chi connectivity index (χ1n) is 12.1. The van der Waals surface area contributed by atoms with Crippen LogP contribution in [0.1, 0.15) is 61.2 Å². The summed E-state index contributed by atoms with van der Waals surface area (Å²) in [5.74, 6) is -1.71. The summed E-state index contributed by atoms with van der Waals surface area (Å²) in [5.41, 5.74) is 0.705. The number of hydrogen-bond acceptors (Lipinski definition) is 4. The summed E-state index contributed by atoms with van der Waals surface area (Å²) in [6, 6.07) is 15.2. The van der Waals surface area contributed by atoms with E-state index in [1.807, 2.05) is 0 Å². The molecule has 1 aliphatic heterocycles. The van der Waals surface area contributed by atoms with Gasteiger partial charge in [-0.25, -0.2) is 9.18 Å². The molecule has 5 nitrogen and oxygen atoms in total. The molecule has 1 aliphatic rings. The van der Waals surface area contributed by atoms with Gasteiger partial charge in [-0.2, -0.15) is 0 Å². The van der Waals surface area contributed by atoms with E-state index >= 15 is 4.39 Å². The molecule has 0 saturated carbocycles. The van der Waals surface area contributed by atoms with E-state index in [-0.39, 0.29) is 11.3 Å². The van der Waals surface area contributed by atoms with Crippen molar-refractivity contribution < 1.29 is 23.5 Å². The van der Waals surface area contributed by atoms with Gasteiger partial charge in [0.15, 0.2) is 17.7 Å². The molecule has 0 N–H and O–H groups in total. The Hall–Kier alpha value is -2.80. The van der Waals surface area contributed by atoms with Gasteiger partial charge in [-0.05, 0) is 81.6 Å². The summed E-state index contributed by atoms with van der Waals surface area (Å²) in [5, 5.41) is 1.34. The van der Waals surface area contributed by atoms with Gasteiger partial charge in [-0.3, -0.25) is 4.79 Å². The van der Waals surface area contributed by atoms with Crippen LogP contribution in [0.4, 0.5) is 4.39 Å². The van der Waals surface area contributed by atoms with Gasteiger partial charge in [0.2, 0.25) is 0 Å². The average Bonchev–Trinajstić information content (AvgIpc) is 3.33. The van der Waals surface area contributed by atoms with E-state index in [9.17, 15) is 9.59 Å². The number of benzene rings is 3. The standard InChI is InChI=1S/C29H27Cl3FNO4/c1-29(2,3)38-28(36)24-5-4-14-34(24)27(35)18-8-13-25(23(33)15-18)37-26(17-6-9-19(30)10-7-17)21-12-11-20(31)16-22(21)32/h6-13,15-16,24,26H,4-5,14H2,1-3H3/t24-,26?/m0/s1. The predicted molar refractivity (Wildman–Crippen MR) is 147 cm³/mol. The van der Waals surface area contributed by atoms with Crippen molar-refractivity contribution in [1.82, 2.24) is 4.90 Å². The monoisotopic (exact) mass is 577 g/mol. The van der Waals surface area contributed by atoms with E-state index in [1.54, 1.807) is 63.2 Å². The number of carbonyl (C=O) groups excluding carboxylic acids is 2. The largest absolute Gasteiger partial charge is 0.478 e. The van der Waals surface area contributed by atoms with E-state index in [0.717, 1.165) is 6.07 Å². The van der Waals surface area contributed by atoms with E-state index in [2.05, 4.69) is 0 Å². The summed E-state index contributed by atoms with van der Waals surface area (Å²) in [4.78, 5) is 27.3. The highest BCUT2D eigenvalue weighted by Crippen LogP contribution is 2.36. The first-order valence-corrected chi connectivity index (χ1v) is 13.3. The van der Waals surface area contributed by atoms with Crippen LogP contribution in [0.2, 0.25) is 15.1 Å². The van der Waals surface area contributed by atoms with Crippen LogP contribution in [0.25, 0.3) is 0 Å². The Balaban J connectivity index is 1.60. The Labute approximate surface area is 236 Å². The minimum Gasteiger partial charge on any atom is -0.478 e. The predicted octanol–water partition coefficient (Wildman–Crippen LogP) is 7.90. The van der Waals surface area contributed by atoms with E-state index in [0.29, 0.717) is 45.6 Å². The Morgan fingerprint density at radius 2 is 1.66 bits per heavy atom. The van der Waals surface area contributed by atoms with Crippen LogP contribution in [-0.4, -0.2) is 35.0 Å². The molecule has 3 aromatic carbocycles. The van der Waals surface area contributed by atoms with Crippen molar-refractivity contribution in [3.8, 4) is 5.75 Å². The van der Waals surface area contributed by atoms with Crippen molar-refractivity contribution >= 4 is 46.7 Å². The fourth-order valence-electron chi connectivity index (χ4n) is 4.31. The second-order valence-corrected chi connectivity index (χ2v) is 11.3. The first-order chi connectivity index (χ1) is 17.9. The lowest BCUT2D eigenvalue weighted by Gasteiger charge is -2.27. The number of nitrogens with zero attached hydrogens (tertiary/aromatic N) is 1. The molecule has 1 fully saturated rings. The van der Waals surface area contributed by atoms with Crippen LogP contribution in [0.3, 0.4) is 0 Å². The highest BCUT2D eigenvalue weighted by molar-refractivity contribution is 6.35. The van der Waals surface area contributed by atoms with Gasteiger partial charge in [-0.15, -0.1) is 0 Å². The molecule has 1 heterocycles. The van der Waals surface area contributed by atoms with Gasteiger partial charge in [0, 0.05) is 32.7 Å². The van der Waals surface area contributed by atoms with Gasteiger partial charge in [0.25, 0.3) is 5.91 Å². The second kappa shape index (κ2) is 11.5. The van der Waals surface area contributed by atoms with Crippen LogP contribution < -0.4 is 4.74 Å². The summed E-state index contributed by atoms with van der Waals surface area (Å²) in [7, 11) is 0. The molecule has 1 saturated heterocycles. The van der Waals surface area contributed by atoms with Crippen molar-refractivity contribution in [3.63, 3.8) is 0 Å². The zero-order valence-corrected chi connectivity index (χ0v) is 23.4. The maximum absolute atomic E-state index is 15.3. The molecule has 3 aromatic rings. The molecule has 0 aliphatic carbocycles. The SMILES string of the molecule is CC(C)(C)OC(=O)[C@@H]1CCCN1C(=O)c1ccc(OC(c2ccc(Cl)cc2)c2ccc(Cl)cc2Cl)c(F)c1. The fourth-order valence-corrected chi connectivity index (χ4v) is 4.94. The van der Waals surface area contributed by atoms with Crippen molar-refractivity contribution in [2.75, 3.05) is 6.54 Å². The molecule has 0 bridgehead atoms. The molecule has 38 heavy (non-hydrogen) atoms. The minimum atomic E-state index is -0.775. The number of amides is 1. The molecule has 1 amide bonds. The van der Waals surface area contributed by atoms with Crippen LogP contribution >= 0.6 is 34.8 Å². The number of hydrogen-bond donors (Lipinski definition) is 0. The number of esters is 1. The van der Waals surface area contributed by atoms with Crippen LogP contribution in [0.15, 0.2) is 60.7 Å². The first kappa shape index (κ1) is 28.2. The molecule has 0 radical (unpaired) electrons. The zero-order valence-electron chi connectivity index (χ0n) is 21.1. The molecular weight excluding hydrogens is 552 g/mol. The number of rotatable bonds is 6. The van der Waals surface area contributed by atoms with Crippen molar-refractivity contribution in [2.24, 2.45) is 0 Å². The van der Waals surface area contributed by atoms with E-state index in [4.69, 9.17) is 44.3 Å². The van der Waals surface area contributed by atoms with E-state index in [1.165, 1.54) is 17.0 Å². The highest BCUT2D eigenvalue weighted by atomic mass is 35.5. The number of halogens is 4. The average molecular weight is 579 g/mol. The second-order valence-electron chi connectivity index (χ2n) is 10.1. The number of carbonyl (C=O) groups is 2. The molecule has 0 aromatic heterocycles. The van der Waals surface area contributed by atoms with Gasteiger partial charge in [0.1, 0.15) is 11.6 Å². The third-order valence-corrected chi connectivity index (χ3v) is 6.85. The van der Waals surface area contributed by atoms with E-state index < -0.39 is 35.4 Å². The number of likely N-dealkylation sites (tertiary alicyclic amines) is 1. The Morgan fingerprint density at radius 1 is 0.974 bits per heavy atom.